The predicted octanol–water partition coefficient (Wildman–Crippen LogP) is 0.373. The Morgan fingerprint density at radius 3 is 3.09 bits per heavy atom. The highest BCUT2D eigenvalue weighted by Crippen LogP contribution is 2.20. The van der Waals surface area contributed by atoms with Crippen LogP contribution in [0.5, 0.6) is 0 Å². The van der Waals surface area contributed by atoms with E-state index >= 15 is 0 Å². The van der Waals surface area contributed by atoms with Crippen LogP contribution >= 0.6 is 0 Å². The summed E-state index contributed by atoms with van der Waals surface area (Å²) in [5.74, 6) is 0. The molecule has 2 unspecified atom stereocenters. The van der Waals surface area contributed by atoms with Crippen LogP contribution in [-0.2, 0) is 4.74 Å². The van der Waals surface area contributed by atoms with Gasteiger partial charge in [0.25, 0.3) is 0 Å². The van der Waals surface area contributed by atoms with Gasteiger partial charge in [0.15, 0.2) is 0 Å². The molecule has 2 heterocycles. The lowest BCUT2D eigenvalue weighted by molar-refractivity contribution is 0.256. The smallest absolute Gasteiger partial charge is 0.0979 e. The molecule has 0 aromatic carbocycles. The third kappa shape index (κ3) is 1.52. The predicted molar refractivity (Wildman–Crippen MR) is 39.9 cm³/mol. The maximum Gasteiger partial charge on any atom is 0.0979 e. The number of epoxide rings is 1. The van der Waals surface area contributed by atoms with Crippen LogP contribution in [0, 0.1) is 11.3 Å². The van der Waals surface area contributed by atoms with Crippen LogP contribution in [0.25, 0.3) is 0 Å². The molecule has 11 heavy (non-hydrogen) atoms. The second-order valence-corrected chi connectivity index (χ2v) is 3.24. The van der Waals surface area contributed by atoms with Crippen LogP contribution in [0.4, 0.5) is 0 Å². The fourth-order valence-electron chi connectivity index (χ4n) is 1.63. The number of hydrogen-bond acceptors (Lipinski definition) is 3. The third-order valence-corrected chi connectivity index (χ3v) is 2.35. The summed E-state index contributed by atoms with van der Waals surface area (Å²) < 4.78 is 5.11. The van der Waals surface area contributed by atoms with Crippen molar-refractivity contribution in [2.75, 3.05) is 19.7 Å². The molecule has 2 saturated heterocycles. The monoisotopic (exact) mass is 152 g/mol. The van der Waals surface area contributed by atoms with E-state index in [-0.39, 0.29) is 6.04 Å². The molecule has 0 aromatic rings. The number of nitrogens with zero attached hydrogens (tertiary/aromatic N) is 2. The molecule has 2 atom stereocenters. The average Bonchev–Trinajstić information content (AvgIpc) is 2.68. The van der Waals surface area contributed by atoms with E-state index in [1.165, 1.54) is 6.42 Å². The van der Waals surface area contributed by atoms with Gasteiger partial charge in [-0.1, -0.05) is 0 Å². The van der Waals surface area contributed by atoms with Crippen LogP contribution in [0.2, 0.25) is 0 Å². The van der Waals surface area contributed by atoms with Gasteiger partial charge < -0.3 is 4.74 Å². The molecule has 2 aliphatic heterocycles. The molecule has 60 valence electrons. The van der Waals surface area contributed by atoms with Gasteiger partial charge in [-0.2, -0.15) is 5.26 Å². The van der Waals surface area contributed by atoms with Gasteiger partial charge in [-0.3, -0.25) is 4.90 Å². The Kier molecular flexibility index (Phi) is 1.80. The fourth-order valence-corrected chi connectivity index (χ4v) is 1.63. The summed E-state index contributed by atoms with van der Waals surface area (Å²) in [5, 5.41) is 8.74. The van der Waals surface area contributed by atoms with Crippen molar-refractivity contribution < 1.29 is 4.74 Å². The fraction of sp³-hybridized carbons (Fsp3) is 0.875. The second kappa shape index (κ2) is 2.80. The topological polar surface area (TPSA) is 39.6 Å². The minimum absolute atomic E-state index is 0.166. The highest BCUT2D eigenvalue weighted by atomic mass is 16.6. The summed E-state index contributed by atoms with van der Waals surface area (Å²) in [4.78, 5) is 2.23. The van der Waals surface area contributed by atoms with Crippen LogP contribution < -0.4 is 0 Å². The van der Waals surface area contributed by atoms with Crippen LogP contribution in [0.15, 0.2) is 0 Å². The van der Waals surface area contributed by atoms with E-state index in [9.17, 15) is 0 Å². The Labute approximate surface area is 66.5 Å². The molecular weight excluding hydrogens is 140 g/mol. The minimum Gasteiger partial charge on any atom is -0.372 e. The molecule has 2 aliphatic rings. The molecule has 2 fully saturated rings. The standard InChI is InChI=1S/C8H12N2O/c9-4-7-2-1-3-10(7)5-8-6-11-8/h7-8H,1-3,5-6H2. The largest absolute Gasteiger partial charge is 0.372 e. The van der Waals surface area contributed by atoms with Gasteiger partial charge in [0.05, 0.1) is 24.8 Å². The molecule has 0 bridgehead atoms. The first kappa shape index (κ1) is 7.08. The summed E-state index contributed by atoms with van der Waals surface area (Å²) in [6.45, 7) is 2.95. The molecule has 0 N–H and O–H groups in total. The summed E-state index contributed by atoms with van der Waals surface area (Å²) in [6, 6.07) is 2.48. The zero-order valence-corrected chi connectivity index (χ0v) is 6.49. The summed E-state index contributed by atoms with van der Waals surface area (Å²) in [7, 11) is 0. The first-order valence-electron chi connectivity index (χ1n) is 4.15. The van der Waals surface area contributed by atoms with E-state index in [0.717, 1.165) is 26.1 Å². The van der Waals surface area contributed by atoms with Gasteiger partial charge in [0.2, 0.25) is 0 Å². The summed E-state index contributed by atoms with van der Waals surface area (Å²) in [6.07, 6.45) is 2.65. The van der Waals surface area contributed by atoms with Gasteiger partial charge in [0, 0.05) is 6.54 Å². The van der Waals surface area contributed by atoms with E-state index in [1.54, 1.807) is 0 Å². The van der Waals surface area contributed by atoms with E-state index in [2.05, 4.69) is 11.0 Å². The Morgan fingerprint density at radius 2 is 2.45 bits per heavy atom. The van der Waals surface area contributed by atoms with Gasteiger partial charge >= 0.3 is 0 Å². The molecule has 0 aromatic heterocycles. The van der Waals surface area contributed by atoms with E-state index < -0.39 is 0 Å². The highest BCUT2D eigenvalue weighted by molar-refractivity contribution is 4.97. The number of likely N-dealkylation sites (tertiary alicyclic amines) is 1. The van der Waals surface area contributed by atoms with Crippen LogP contribution in [0.3, 0.4) is 0 Å². The molecule has 0 radical (unpaired) electrons. The Hall–Kier alpha value is -0.590. The maximum atomic E-state index is 8.74. The second-order valence-electron chi connectivity index (χ2n) is 3.24. The quantitative estimate of drug-likeness (QED) is 0.537. The van der Waals surface area contributed by atoms with Gasteiger partial charge in [-0.05, 0) is 19.4 Å². The van der Waals surface area contributed by atoms with Gasteiger partial charge in [0.1, 0.15) is 0 Å². The Bertz CT molecular complexity index is 183. The molecule has 0 amide bonds. The lowest BCUT2D eigenvalue weighted by atomic mass is 10.2. The van der Waals surface area contributed by atoms with E-state index in [4.69, 9.17) is 10.00 Å². The Morgan fingerprint density at radius 1 is 1.64 bits per heavy atom. The zero-order valence-electron chi connectivity index (χ0n) is 6.49. The average molecular weight is 152 g/mol. The molecule has 2 rings (SSSR count). The first-order valence-corrected chi connectivity index (χ1v) is 4.15. The molecule has 3 heteroatoms. The SMILES string of the molecule is N#CC1CCCN1CC1CO1. The van der Waals surface area contributed by atoms with Crippen molar-refractivity contribution in [3.05, 3.63) is 0 Å². The Balaban J connectivity index is 1.85. The molecule has 0 saturated carbocycles. The van der Waals surface area contributed by atoms with Crippen LogP contribution in [0.1, 0.15) is 12.8 Å². The summed E-state index contributed by atoms with van der Waals surface area (Å²) >= 11 is 0. The number of nitriles is 1. The molecule has 3 nitrogen and oxygen atoms in total. The van der Waals surface area contributed by atoms with Gasteiger partial charge in [-0.15, -0.1) is 0 Å². The first-order chi connectivity index (χ1) is 5.40. The molecule has 0 spiro atoms. The maximum absolute atomic E-state index is 8.74. The number of rotatable bonds is 2. The number of hydrogen-bond donors (Lipinski definition) is 0. The lowest BCUT2D eigenvalue weighted by Crippen LogP contribution is -2.31. The van der Waals surface area contributed by atoms with Crippen molar-refractivity contribution in [1.82, 2.24) is 4.90 Å². The third-order valence-electron chi connectivity index (χ3n) is 2.35. The highest BCUT2D eigenvalue weighted by Gasteiger charge is 2.31. The summed E-state index contributed by atoms with van der Waals surface area (Å²) in [5.41, 5.74) is 0. The van der Waals surface area contributed by atoms with Crippen molar-refractivity contribution in [2.45, 2.75) is 25.0 Å². The van der Waals surface area contributed by atoms with Crippen LogP contribution in [-0.4, -0.2) is 36.7 Å². The van der Waals surface area contributed by atoms with Crippen molar-refractivity contribution in [3.8, 4) is 6.07 Å². The number of ether oxygens (including phenoxy) is 1. The van der Waals surface area contributed by atoms with Crippen molar-refractivity contribution in [3.63, 3.8) is 0 Å². The normalized spacial score (nSPS) is 37.0. The lowest BCUT2D eigenvalue weighted by Gasteiger charge is -2.16. The van der Waals surface area contributed by atoms with E-state index in [1.807, 2.05) is 0 Å². The van der Waals surface area contributed by atoms with Crippen molar-refractivity contribution in [1.29, 1.82) is 5.26 Å². The minimum atomic E-state index is 0.166. The van der Waals surface area contributed by atoms with Crippen molar-refractivity contribution in [2.24, 2.45) is 0 Å². The zero-order chi connectivity index (χ0) is 7.68. The van der Waals surface area contributed by atoms with E-state index in [0.29, 0.717) is 6.10 Å². The molecular formula is C8H12N2O. The molecule has 0 aliphatic carbocycles. The van der Waals surface area contributed by atoms with Gasteiger partial charge in [-0.25, -0.2) is 0 Å². The van der Waals surface area contributed by atoms with Crippen molar-refractivity contribution >= 4 is 0 Å².